The summed E-state index contributed by atoms with van der Waals surface area (Å²) in [6, 6.07) is 10.7. The van der Waals surface area contributed by atoms with Gasteiger partial charge in [-0.05, 0) is 43.1 Å². The van der Waals surface area contributed by atoms with Crippen molar-refractivity contribution in [3.8, 4) is 0 Å². The third-order valence-electron chi connectivity index (χ3n) is 5.11. The van der Waals surface area contributed by atoms with E-state index in [-0.39, 0.29) is 12.2 Å². The summed E-state index contributed by atoms with van der Waals surface area (Å²) in [6.45, 7) is 0.827. The van der Waals surface area contributed by atoms with Gasteiger partial charge in [-0.3, -0.25) is 0 Å². The summed E-state index contributed by atoms with van der Waals surface area (Å²) in [5.74, 6) is 1.44. The van der Waals surface area contributed by atoms with Crippen LogP contribution in [0, 0.1) is 5.92 Å². The van der Waals surface area contributed by atoms with Gasteiger partial charge in [-0.2, -0.15) is 0 Å². The zero-order valence-corrected chi connectivity index (χ0v) is 12.2. The fourth-order valence-corrected chi connectivity index (χ4v) is 3.49. The van der Waals surface area contributed by atoms with E-state index < -0.39 is 0 Å². The van der Waals surface area contributed by atoms with Gasteiger partial charge in [-0.15, -0.1) is 0 Å². The van der Waals surface area contributed by atoms with Gasteiger partial charge in [0, 0.05) is 6.61 Å². The predicted octanol–water partition coefficient (Wildman–Crippen LogP) is 3.89. The topological polar surface area (TPSA) is 29.5 Å². The van der Waals surface area contributed by atoms with Gasteiger partial charge in [0.25, 0.3) is 0 Å². The minimum absolute atomic E-state index is 0.0361. The highest BCUT2D eigenvalue weighted by molar-refractivity contribution is 5.20. The second kappa shape index (κ2) is 6.73. The molecular weight excluding hydrogens is 248 g/mol. The molecule has 1 aromatic rings. The van der Waals surface area contributed by atoms with E-state index in [4.69, 9.17) is 4.74 Å². The van der Waals surface area contributed by atoms with Crippen LogP contribution in [-0.4, -0.2) is 23.9 Å². The van der Waals surface area contributed by atoms with Gasteiger partial charge in [0.15, 0.2) is 0 Å². The number of hydrogen-bond acceptors (Lipinski definition) is 2. The van der Waals surface area contributed by atoms with Crippen LogP contribution < -0.4 is 0 Å². The Morgan fingerprint density at radius 2 is 1.85 bits per heavy atom. The van der Waals surface area contributed by atoms with Crippen LogP contribution in [0.15, 0.2) is 30.3 Å². The van der Waals surface area contributed by atoms with E-state index >= 15 is 0 Å². The molecule has 2 nitrogen and oxygen atoms in total. The van der Waals surface area contributed by atoms with Gasteiger partial charge in [0.05, 0.1) is 12.2 Å². The second-order valence-electron chi connectivity index (χ2n) is 6.48. The molecule has 0 amide bonds. The quantitative estimate of drug-likeness (QED) is 0.882. The van der Waals surface area contributed by atoms with E-state index in [9.17, 15) is 5.11 Å². The lowest BCUT2D eigenvalue weighted by atomic mass is 9.81. The highest BCUT2D eigenvalue weighted by Gasteiger charge is 2.30. The summed E-state index contributed by atoms with van der Waals surface area (Å²) in [5.41, 5.74) is 1.40. The third-order valence-corrected chi connectivity index (χ3v) is 5.11. The fraction of sp³-hybridized carbons (Fsp3) is 0.667. The first-order valence-electron chi connectivity index (χ1n) is 8.17. The molecule has 0 aliphatic heterocycles. The summed E-state index contributed by atoms with van der Waals surface area (Å²) in [7, 11) is 0. The number of aliphatic hydroxyl groups is 1. The van der Waals surface area contributed by atoms with E-state index in [1.165, 1.54) is 31.2 Å². The van der Waals surface area contributed by atoms with Crippen molar-refractivity contribution in [1.29, 1.82) is 0 Å². The molecule has 3 unspecified atom stereocenters. The molecule has 0 bridgehead atoms. The van der Waals surface area contributed by atoms with Gasteiger partial charge < -0.3 is 9.84 Å². The first kappa shape index (κ1) is 14.1. The minimum Gasteiger partial charge on any atom is -0.390 e. The smallest absolute Gasteiger partial charge is 0.0839 e. The Hall–Kier alpha value is -0.860. The van der Waals surface area contributed by atoms with Gasteiger partial charge in [-0.1, -0.05) is 49.6 Å². The summed E-state index contributed by atoms with van der Waals surface area (Å²) in [6.07, 6.45) is 8.01. The Kier molecular flexibility index (Phi) is 4.74. The van der Waals surface area contributed by atoms with Crippen LogP contribution in [0.4, 0.5) is 0 Å². The first-order chi connectivity index (χ1) is 9.83. The number of benzene rings is 1. The maximum absolute atomic E-state index is 10.1. The predicted molar refractivity (Wildman–Crippen MR) is 80.7 cm³/mol. The van der Waals surface area contributed by atoms with Crippen molar-refractivity contribution in [3.63, 3.8) is 0 Å². The molecule has 3 rings (SSSR count). The van der Waals surface area contributed by atoms with Crippen molar-refractivity contribution in [2.45, 2.75) is 63.1 Å². The zero-order valence-electron chi connectivity index (χ0n) is 12.2. The lowest BCUT2D eigenvalue weighted by molar-refractivity contribution is -0.0680. The standard InChI is InChI=1S/C18H26O2/c19-17-10-9-16(15-7-2-1-3-8-15)13-18(17)20-12-11-14-5-4-6-14/h1-3,7-8,14,16-19H,4-6,9-13H2. The molecule has 2 heteroatoms. The van der Waals surface area contributed by atoms with Crippen LogP contribution >= 0.6 is 0 Å². The average molecular weight is 274 g/mol. The Balaban J connectivity index is 1.50. The van der Waals surface area contributed by atoms with Crippen LogP contribution in [0.2, 0.25) is 0 Å². The van der Waals surface area contributed by atoms with E-state index in [0.29, 0.717) is 5.92 Å². The summed E-state index contributed by atoms with van der Waals surface area (Å²) in [5, 5.41) is 10.1. The fourth-order valence-electron chi connectivity index (χ4n) is 3.49. The zero-order chi connectivity index (χ0) is 13.8. The molecule has 2 aliphatic rings. The van der Waals surface area contributed by atoms with Gasteiger partial charge in [-0.25, -0.2) is 0 Å². The maximum Gasteiger partial charge on any atom is 0.0839 e. The molecule has 1 N–H and O–H groups in total. The van der Waals surface area contributed by atoms with Crippen molar-refractivity contribution >= 4 is 0 Å². The highest BCUT2D eigenvalue weighted by Crippen LogP contribution is 2.35. The van der Waals surface area contributed by atoms with Crippen molar-refractivity contribution < 1.29 is 9.84 Å². The summed E-state index contributed by atoms with van der Waals surface area (Å²) >= 11 is 0. The summed E-state index contributed by atoms with van der Waals surface area (Å²) in [4.78, 5) is 0. The molecule has 2 aliphatic carbocycles. The summed E-state index contributed by atoms with van der Waals surface area (Å²) < 4.78 is 6.00. The molecule has 0 aromatic heterocycles. The SMILES string of the molecule is OC1CCC(c2ccccc2)CC1OCCC1CCC1. The number of ether oxygens (including phenoxy) is 1. The average Bonchev–Trinajstić information content (AvgIpc) is 2.44. The molecule has 110 valence electrons. The minimum atomic E-state index is -0.267. The number of hydrogen-bond donors (Lipinski definition) is 1. The van der Waals surface area contributed by atoms with Crippen molar-refractivity contribution in [1.82, 2.24) is 0 Å². The molecule has 1 aromatic carbocycles. The Labute approximate surface area is 122 Å². The molecule has 2 fully saturated rings. The van der Waals surface area contributed by atoms with Gasteiger partial charge in [0.1, 0.15) is 0 Å². The van der Waals surface area contributed by atoms with E-state index in [1.54, 1.807) is 0 Å². The van der Waals surface area contributed by atoms with Crippen LogP contribution in [0.3, 0.4) is 0 Å². The Morgan fingerprint density at radius 3 is 2.55 bits per heavy atom. The lowest BCUT2D eigenvalue weighted by Crippen LogP contribution is -2.35. The molecule has 0 spiro atoms. The monoisotopic (exact) mass is 274 g/mol. The Morgan fingerprint density at radius 1 is 1.05 bits per heavy atom. The van der Waals surface area contributed by atoms with Crippen molar-refractivity contribution in [3.05, 3.63) is 35.9 Å². The third kappa shape index (κ3) is 3.42. The molecule has 0 radical (unpaired) electrons. The molecular formula is C18H26O2. The van der Waals surface area contributed by atoms with Crippen LogP contribution in [0.25, 0.3) is 0 Å². The van der Waals surface area contributed by atoms with Crippen LogP contribution in [0.1, 0.15) is 56.4 Å². The molecule has 20 heavy (non-hydrogen) atoms. The largest absolute Gasteiger partial charge is 0.390 e. The maximum atomic E-state index is 10.1. The van der Waals surface area contributed by atoms with Crippen molar-refractivity contribution in [2.75, 3.05) is 6.61 Å². The highest BCUT2D eigenvalue weighted by atomic mass is 16.5. The second-order valence-corrected chi connectivity index (χ2v) is 6.48. The molecule has 2 saturated carbocycles. The Bertz CT molecular complexity index is 399. The van der Waals surface area contributed by atoms with E-state index in [2.05, 4.69) is 30.3 Å². The van der Waals surface area contributed by atoms with E-state index in [1.807, 2.05) is 0 Å². The van der Waals surface area contributed by atoms with Crippen LogP contribution in [-0.2, 0) is 4.74 Å². The first-order valence-corrected chi connectivity index (χ1v) is 8.17. The van der Waals surface area contributed by atoms with Crippen LogP contribution in [0.5, 0.6) is 0 Å². The number of aliphatic hydroxyl groups excluding tert-OH is 1. The normalized spacial score (nSPS) is 30.9. The van der Waals surface area contributed by atoms with E-state index in [0.717, 1.165) is 31.8 Å². The molecule has 0 saturated heterocycles. The molecule has 3 atom stereocenters. The lowest BCUT2D eigenvalue weighted by Gasteiger charge is -2.34. The van der Waals surface area contributed by atoms with Gasteiger partial charge in [0.2, 0.25) is 0 Å². The number of rotatable bonds is 5. The van der Waals surface area contributed by atoms with Crippen molar-refractivity contribution in [2.24, 2.45) is 5.92 Å². The molecule has 0 heterocycles. The van der Waals surface area contributed by atoms with Gasteiger partial charge >= 0.3 is 0 Å².